The SMILES string of the molecule is Fc1ccc(CN2CCOC(c3nc(-c4ccccc4)no3)C2)cc1F. The molecule has 0 aliphatic carbocycles. The van der Waals surface area contributed by atoms with Crippen LogP contribution in [0.2, 0.25) is 0 Å². The monoisotopic (exact) mass is 357 g/mol. The zero-order valence-corrected chi connectivity index (χ0v) is 13.9. The van der Waals surface area contributed by atoms with E-state index >= 15 is 0 Å². The van der Waals surface area contributed by atoms with E-state index in [0.29, 0.717) is 43.5 Å². The predicted molar refractivity (Wildman–Crippen MR) is 90.1 cm³/mol. The van der Waals surface area contributed by atoms with Gasteiger partial charge in [-0.3, -0.25) is 4.90 Å². The summed E-state index contributed by atoms with van der Waals surface area (Å²) < 4.78 is 37.6. The maximum absolute atomic E-state index is 13.4. The topological polar surface area (TPSA) is 51.4 Å². The summed E-state index contributed by atoms with van der Waals surface area (Å²) in [6.45, 7) is 2.22. The number of rotatable bonds is 4. The van der Waals surface area contributed by atoms with Crippen LogP contribution in [0.15, 0.2) is 53.1 Å². The number of aromatic nitrogens is 2. The van der Waals surface area contributed by atoms with Crippen molar-refractivity contribution < 1.29 is 18.0 Å². The molecule has 1 saturated heterocycles. The first-order valence-electron chi connectivity index (χ1n) is 8.36. The van der Waals surface area contributed by atoms with E-state index in [1.165, 1.54) is 6.07 Å². The van der Waals surface area contributed by atoms with Gasteiger partial charge in [-0.05, 0) is 17.7 Å². The highest BCUT2D eigenvalue weighted by Crippen LogP contribution is 2.24. The zero-order chi connectivity index (χ0) is 17.9. The maximum atomic E-state index is 13.4. The van der Waals surface area contributed by atoms with Gasteiger partial charge < -0.3 is 9.26 Å². The molecule has 0 N–H and O–H groups in total. The van der Waals surface area contributed by atoms with Gasteiger partial charge in [0.1, 0.15) is 6.10 Å². The third kappa shape index (κ3) is 3.63. The van der Waals surface area contributed by atoms with Crippen LogP contribution in [0.1, 0.15) is 17.6 Å². The van der Waals surface area contributed by atoms with Gasteiger partial charge in [0.25, 0.3) is 5.89 Å². The molecule has 4 rings (SSSR count). The lowest BCUT2D eigenvalue weighted by Gasteiger charge is -2.31. The molecule has 0 amide bonds. The smallest absolute Gasteiger partial charge is 0.257 e. The van der Waals surface area contributed by atoms with Crippen LogP contribution in [0.5, 0.6) is 0 Å². The average Bonchev–Trinajstić information content (AvgIpc) is 3.16. The van der Waals surface area contributed by atoms with E-state index in [-0.39, 0.29) is 6.10 Å². The van der Waals surface area contributed by atoms with E-state index < -0.39 is 11.6 Å². The Morgan fingerprint density at radius 1 is 1.08 bits per heavy atom. The molecule has 0 spiro atoms. The lowest BCUT2D eigenvalue weighted by atomic mass is 10.1. The molecule has 0 bridgehead atoms. The standard InChI is InChI=1S/C19H17F2N3O2/c20-15-7-6-13(10-16(15)21)11-24-8-9-25-17(12-24)19-22-18(23-26-19)14-4-2-1-3-5-14/h1-7,10,17H,8-9,11-12H2. The van der Waals surface area contributed by atoms with Crippen molar-refractivity contribution in [1.82, 2.24) is 15.0 Å². The van der Waals surface area contributed by atoms with Gasteiger partial charge in [0.2, 0.25) is 5.82 Å². The molecule has 1 unspecified atom stereocenters. The maximum Gasteiger partial charge on any atom is 0.257 e. The molecular formula is C19H17F2N3O2. The van der Waals surface area contributed by atoms with Gasteiger partial charge in [0.15, 0.2) is 11.6 Å². The Labute approximate surface area is 149 Å². The highest BCUT2D eigenvalue weighted by molar-refractivity contribution is 5.53. The number of benzene rings is 2. The summed E-state index contributed by atoms with van der Waals surface area (Å²) in [7, 11) is 0. The first-order valence-corrected chi connectivity index (χ1v) is 8.36. The number of hydrogen-bond acceptors (Lipinski definition) is 5. The van der Waals surface area contributed by atoms with E-state index in [4.69, 9.17) is 9.26 Å². The third-order valence-corrected chi connectivity index (χ3v) is 4.29. The predicted octanol–water partition coefficient (Wildman–Crippen LogP) is 3.59. The van der Waals surface area contributed by atoms with Crippen molar-refractivity contribution in [2.75, 3.05) is 19.7 Å². The molecule has 1 fully saturated rings. The minimum atomic E-state index is -0.840. The summed E-state index contributed by atoms with van der Waals surface area (Å²) >= 11 is 0. The second-order valence-electron chi connectivity index (χ2n) is 6.17. The highest BCUT2D eigenvalue weighted by Gasteiger charge is 2.27. The van der Waals surface area contributed by atoms with Crippen molar-refractivity contribution in [2.24, 2.45) is 0 Å². The second-order valence-corrected chi connectivity index (χ2v) is 6.17. The fourth-order valence-electron chi connectivity index (χ4n) is 2.96. The number of hydrogen-bond donors (Lipinski definition) is 0. The first kappa shape index (κ1) is 16.8. The Balaban J connectivity index is 1.45. The van der Waals surface area contributed by atoms with E-state index in [2.05, 4.69) is 15.0 Å². The molecule has 7 heteroatoms. The molecule has 1 aliphatic heterocycles. The van der Waals surface area contributed by atoms with Gasteiger partial charge in [-0.1, -0.05) is 41.6 Å². The molecule has 1 aromatic heterocycles. The van der Waals surface area contributed by atoms with Crippen LogP contribution in [0.25, 0.3) is 11.4 Å². The fourth-order valence-corrected chi connectivity index (χ4v) is 2.96. The van der Waals surface area contributed by atoms with Gasteiger partial charge >= 0.3 is 0 Å². The first-order chi connectivity index (χ1) is 12.7. The van der Waals surface area contributed by atoms with Crippen LogP contribution in [0.3, 0.4) is 0 Å². The van der Waals surface area contributed by atoms with Gasteiger partial charge in [-0.15, -0.1) is 0 Å². The van der Waals surface area contributed by atoms with Gasteiger partial charge in [-0.2, -0.15) is 4.98 Å². The Kier molecular flexibility index (Phi) is 4.73. The Bertz CT molecular complexity index is 886. The summed E-state index contributed by atoms with van der Waals surface area (Å²) in [6.07, 6.45) is -0.348. The van der Waals surface area contributed by atoms with E-state index in [0.717, 1.165) is 11.6 Å². The third-order valence-electron chi connectivity index (χ3n) is 4.29. The number of halogens is 2. The molecule has 0 saturated carbocycles. The Hall–Kier alpha value is -2.64. The van der Waals surface area contributed by atoms with E-state index in [1.807, 2.05) is 30.3 Å². The molecular weight excluding hydrogens is 340 g/mol. The highest BCUT2D eigenvalue weighted by atomic mass is 19.2. The van der Waals surface area contributed by atoms with Crippen molar-refractivity contribution >= 4 is 0 Å². The van der Waals surface area contributed by atoms with E-state index in [9.17, 15) is 8.78 Å². The van der Waals surface area contributed by atoms with Crippen molar-refractivity contribution in [3.63, 3.8) is 0 Å². The van der Waals surface area contributed by atoms with Crippen LogP contribution >= 0.6 is 0 Å². The summed E-state index contributed by atoms with van der Waals surface area (Å²) in [6, 6.07) is 13.5. The second kappa shape index (κ2) is 7.31. The van der Waals surface area contributed by atoms with E-state index in [1.54, 1.807) is 6.07 Å². The van der Waals surface area contributed by atoms with Gasteiger partial charge in [0.05, 0.1) is 6.61 Å². The summed E-state index contributed by atoms with van der Waals surface area (Å²) in [4.78, 5) is 6.52. The van der Waals surface area contributed by atoms with Crippen LogP contribution in [0.4, 0.5) is 8.78 Å². The van der Waals surface area contributed by atoms with Gasteiger partial charge in [0, 0.05) is 25.2 Å². The summed E-state index contributed by atoms with van der Waals surface area (Å²) in [5, 5.41) is 4.02. The molecule has 134 valence electrons. The quantitative estimate of drug-likeness (QED) is 0.714. The summed E-state index contributed by atoms with van der Waals surface area (Å²) in [5.41, 5.74) is 1.58. The van der Waals surface area contributed by atoms with Gasteiger partial charge in [-0.25, -0.2) is 8.78 Å². The Morgan fingerprint density at radius 2 is 1.92 bits per heavy atom. The normalized spacial score (nSPS) is 18.2. The molecule has 26 heavy (non-hydrogen) atoms. The van der Waals surface area contributed by atoms with Crippen molar-refractivity contribution in [3.8, 4) is 11.4 Å². The average molecular weight is 357 g/mol. The lowest BCUT2D eigenvalue weighted by molar-refractivity contribution is -0.0475. The molecule has 0 radical (unpaired) electrons. The van der Waals surface area contributed by atoms with Crippen LogP contribution in [0, 0.1) is 11.6 Å². The number of ether oxygens (including phenoxy) is 1. The van der Waals surface area contributed by atoms with Crippen molar-refractivity contribution in [3.05, 3.63) is 71.6 Å². The van der Waals surface area contributed by atoms with Crippen molar-refractivity contribution in [1.29, 1.82) is 0 Å². The minimum absolute atomic E-state index is 0.348. The minimum Gasteiger partial charge on any atom is -0.366 e. The molecule has 2 aromatic carbocycles. The fraction of sp³-hybridized carbons (Fsp3) is 0.263. The zero-order valence-electron chi connectivity index (χ0n) is 13.9. The molecule has 2 heterocycles. The molecule has 1 aliphatic rings. The van der Waals surface area contributed by atoms with Crippen molar-refractivity contribution in [2.45, 2.75) is 12.6 Å². The number of morpholine rings is 1. The van der Waals surface area contributed by atoms with Crippen LogP contribution in [-0.4, -0.2) is 34.7 Å². The van der Waals surface area contributed by atoms with Crippen LogP contribution < -0.4 is 0 Å². The molecule has 5 nitrogen and oxygen atoms in total. The molecule has 1 atom stereocenters. The largest absolute Gasteiger partial charge is 0.366 e. The Morgan fingerprint density at radius 3 is 2.73 bits per heavy atom. The molecule has 3 aromatic rings. The summed E-state index contributed by atoms with van der Waals surface area (Å²) in [5.74, 6) is -0.745. The lowest BCUT2D eigenvalue weighted by Crippen LogP contribution is -2.38. The van der Waals surface area contributed by atoms with Crippen LogP contribution in [-0.2, 0) is 11.3 Å². The number of nitrogens with zero attached hydrogens (tertiary/aromatic N) is 3.